The highest BCUT2D eigenvalue weighted by Gasteiger charge is 2.14. The molecular formula is C16H21FN2O3. The third-order valence-electron chi connectivity index (χ3n) is 3.36. The number of carbonyl (C=O) groups excluding carboxylic acids is 1. The van der Waals surface area contributed by atoms with Crippen LogP contribution in [0.5, 0.6) is 0 Å². The summed E-state index contributed by atoms with van der Waals surface area (Å²) in [6.07, 6.45) is 2.24. The molecule has 2 rings (SSSR count). The van der Waals surface area contributed by atoms with Crippen molar-refractivity contribution in [3.8, 4) is 0 Å². The first-order valence-electron chi connectivity index (χ1n) is 7.33. The maximum Gasteiger partial charge on any atom is 0.244 e. The van der Waals surface area contributed by atoms with E-state index < -0.39 is 6.10 Å². The molecule has 0 aromatic heterocycles. The maximum absolute atomic E-state index is 13.0. The van der Waals surface area contributed by atoms with Gasteiger partial charge in [-0.25, -0.2) is 4.39 Å². The number of ether oxygens (including phenoxy) is 1. The molecule has 1 aromatic carbocycles. The van der Waals surface area contributed by atoms with Crippen molar-refractivity contribution in [2.24, 2.45) is 0 Å². The fourth-order valence-corrected chi connectivity index (χ4v) is 2.21. The number of aliphatic hydroxyl groups is 1. The van der Waals surface area contributed by atoms with Crippen molar-refractivity contribution >= 4 is 12.0 Å². The van der Waals surface area contributed by atoms with Gasteiger partial charge in [0.05, 0.1) is 19.3 Å². The van der Waals surface area contributed by atoms with Gasteiger partial charge in [-0.2, -0.15) is 0 Å². The number of hydrogen-bond donors (Lipinski definition) is 2. The highest BCUT2D eigenvalue weighted by atomic mass is 19.1. The van der Waals surface area contributed by atoms with Gasteiger partial charge in [0, 0.05) is 32.3 Å². The van der Waals surface area contributed by atoms with Crippen molar-refractivity contribution in [2.45, 2.75) is 6.10 Å². The summed E-state index contributed by atoms with van der Waals surface area (Å²) in [5.41, 5.74) is 0.615. The lowest BCUT2D eigenvalue weighted by molar-refractivity contribution is -0.117. The molecule has 1 heterocycles. The lowest BCUT2D eigenvalue weighted by Crippen LogP contribution is -2.44. The summed E-state index contributed by atoms with van der Waals surface area (Å²) in [5.74, 6) is -0.659. The second-order valence-corrected chi connectivity index (χ2v) is 5.20. The standard InChI is InChI=1S/C16H21FN2O3/c17-14-3-1-2-13(10-14)4-5-16(21)18-11-15(20)12-19-6-8-22-9-7-19/h1-5,10,15,20H,6-9,11-12H2,(H,18,21)/b5-4+. The van der Waals surface area contributed by atoms with Crippen LogP contribution in [0.15, 0.2) is 30.3 Å². The van der Waals surface area contributed by atoms with Crippen molar-refractivity contribution in [3.05, 3.63) is 41.7 Å². The van der Waals surface area contributed by atoms with Crippen molar-refractivity contribution in [1.82, 2.24) is 10.2 Å². The average Bonchev–Trinajstić information content (AvgIpc) is 2.52. The summed E-state index contributed by atoms with van der Waals surface area (Å²) >= 11 is 0. The number of hydrogen-bond acceptors (Lipinski definition) is 4. The van der Waals surface area contributed by atoms with Crippen molar-refractivity contribution in [2.75, 3.05) is 39.4 Å². The van der Waals surface area contributed by atoms with Gasteiger partial charge >= 0.3 is 0 Å². The van der Waals surface area contributed by atoms with Crippen molar-refractivity contribution < 1.29 is 19.0 Å². The molecular weight excluding hydrogens is 287 g/mol. The molecule has 6 heteroatoms. The van der Waals surface area contributed by atoms with E-state index in [1.165, 1.54) is 24.3 Å². The third kappa shape index (κ3) is 5.93. The van der Waals surface area contributed by atoms with Crippen molar-refractivity contribution in [1.29, 1.82) is 0 Å². The van der Waals surface area contributed by atoms with Gasteiger partial charge in [-0.15, -0.1) is 0 Å². The van der Waals surface area contributed by atoms with Crippen molar-refractivity contribution in [3.63, 3.8) is 0 Å². The second-order valence-electron chi connectivity index (χ2n) is 5.20. The lowest BCUT2D eigenvalue weighted by Gasteiger charge is -2.28. The molecule has 0 bridgehead atoms. The Kier molecular flexibility index (Phi) is 6.51. The van der Waals surface area contributed by atoms with Crippen LogP contribution in [0.1, 0.15) is 5.56 Å². The summed E-state index contributed by atoms with van der Waals surface area (Å²) in [6.45, 7) is 3.64. The van der Waals surface area contributed by atoms with E-state index in [1.807, 2.05) is 0 Å². The van der Waals surface area contributed by atoms with Gasteiger partial charge in [0.25, 0.3) is 0 Å². The predicted molar refractivity (Wildman–Crippen MR) is 81.7 cm³/mol. The SMILES string of the molecule is O=C(/C=C/c1cccc(F)c1)NCC(O)CN1CCOCC1. The zero-order valence-corrected chi connectivity index (χ0v) is 12.4. The van der Waals surface area contributed by atoms with Crippen LogP contribution in [0.2, 0.25) is 0 Å². The van der Waals surface area contributed by atoms with Gasteiger partial charge in [-0.05, 0) is 23.8 Å². The smallest absolute Gasteiger partial charge is 0.244 e. The second kappa shape index (κ2) is 8.63. The van der Waals surface area contributed by atoms with Crippen LogP contribution in [0.4, 0.5) is 4.39 Å². The fraction of sp³-hybridized carbons (Fsp3) is 0.438. The highest BCUT2D eigenvalue weighted by molar-refractivity contribution is 5.91. The first-order valence-corrected chi connectivity index (χ1v) is 7.33. The quantitative estimate of drug-likeness (QED) is 0.758. The van der Waals surface area contributed by atoms with E-state index >= 15 is 0 Å². The van der Waals surface area contributed by atoms with E-state index in [-0.39, 0.29) is 18.3 Å². The zero-order chi connectivity index (χ0) is 15.8. The first kappa shape index (κ1) is 16.6. The van der Waals surface area contributed by atoms with E-state index in [4.69, 9.17) is 4.74 Å². The number of β-amino-alcohol motifs (C(OH)–C–C–N with tert-alkyl or cyclic N) is 1. The molecule has 5 nitrogen and oxygen atoms in total. The van der Waals surface area contributed by atoms with Gasteiger partial charge in [-0.1, -0.05) is 12.1 Å². The van der Waals surface area contributed by atoms with E-state index in [0.717, 1.165) is 13.1 Å². The van der Waals surface area contributed by atoms with Crippen LogP contribution < -0.4 is 5.32 Å². The minimum absolute atomic E-state index is 0.184. The molecule has 1 aliphatic rings. The van der Waals surface area contributed by atoms with E-state index in [1.54, 1.807) is 12.1 Å². The van der Waals surface area contributed by atoms with Gasteiger partial charge in [-0.3, -0.25) is 9.69 Å². The topological polar surface area (TPSA) is 61.8 Å². The first-order chi connectivity index (χ1) is 10.6. The number of carbonyl (C=O) groups is 1. The number of benzene rings is 1. The Hall–Kier alpha value is -1.76. The average molecular weight is 308 g/mol. The molecule has 0 radical (unpaired) electrons. The number of nitrogens with zero attached hydrogens (tertiary/aromatic N) is 1. The molecule has 0 aliphatic carbocycles. The van der Waals surface area contributed by atoms with Crippen LogP contribution in [-0.2, 0) is 9.53 Å². The molecule has 1 aromatic rings. The van der Waals surface area contributed by atoms with E-state index in [9.17, 15) is 14.3 Å². The molecule has 1 atom stereocenters. The summed E-state index contributed by atoms with van der Waals surface area (Å²) < 4.78 is 18.2. The Morgan fingerprint density at radius 3 is 2.95 bits per heavy atom. The molecule has 1 fully saturated rings. The number of aliphatic hydroxyl groups excluding tert-OH is 1. The van der Waals surface area contributed by atoms with Gasteiger partial charge in [0.2, 0.25) is 5.91 Å². The predicted octanol–water partition coefficient (Wildman–Crippen LogP) is 0.648. The highest BCUT2D eigenvalue weighted by Crippen LogP contribution is 2.05. The number of morpholine rings is 1. The minimum Gasteiger partial charge on any atom is -0.390 e. The third-order valence-corrected chi connectivity index (χ3v) is 3.36. The Labute approximate surface area is 129 Å². The summed E-state index contributed by atoms with van der Waals surface area (Å²) in [5, 5.41) is 12.5. The molecule has 1 saturated heterocycles. The fourth-order valence-electron chi connectivity index (χ4n) is 2.21. The normalized spacial score (nSPS) is 17.5. The Morgan fingerprint density at radius 1 is 1.45 bits per heavy atom. The monoisotopic (exact) mass is 308 g/mol. The van der Waals surface area contributed by atoms with Gasteiger partial charge in [0.15, 0.2) is 0 Å². The Bertz CT molecular complexity index is 516. The summed E-state index contributed by atoms with van der Waals surface area (Å²) in [6, 6.07) is 5.98. The van der Waals surface area contributed by atoms with Crippen LogP contribution in [0.3, 0.4) is 0 Å². The van der Waals surface area contributed by atoms with E-state index in [0.29, 0.717) is 25.3 Å². The Morgan fingerprint density at radius 2 is 2.23 bits per heavy atom. The van der Waals surface area contributed by atoms with Crippen LogP contribution in [-0.4, -0.2) is 61.4 Å². The number of nitrogens with one attached hydrogen (secondary N) is 1. The largest absolute Gasteiger partial charge is 0.390 e. The molecule has 120 valence electrons. The van der Waals surface area contributed by atoms with Crippen LogP contribution >= 0.6 is 0 Å². The van der Waals surface area contributed by atoms with Gasteiger partial charge < -0.3 is 15.2 Å². The van der Waals surface area contributed by atoms with Crippen LogP contribution in [0, 0.1) is 5.82 Å². The lowest BCUT2D eigenvalue weighted by atomic mass is 10.2. The van der Waals surface area contributed by atoms with E-state index in [2.05, 4.69) is 10.2 Å². The minimum atomic E-state index is -0.621. The Balaban J connectivity index is 1.70. The number of rotatable bonds is 6. The molecule has 1 amide bonds. The molecule has 1 unspecified atom stereocenters. The molecule has 0 saturated carbocycles. The molecule has 0 spiro atoms. The number of amides is 1. The molecule has 2 N–H and O–H groups in total. The van der Waals surface area contributed by atoms with Crippen LogP contribution in [0.25, 0.3) is 6.08 Å². The maximum atomic E-state index is 13.0. The summed E-state index contributed by atoms with van der Waals surface area (Å²) in [7, 11) is 0. The molecule has 1 aliphatic heterocycles. The molecule has 22 heavy (non-hydrogen) atoms. The van der Waals surface area contributed by atoms with Gasteiger partial charge in [0.1, 0.15) is 5.82 Å². The summed E-state index contributed by atoms with van der Waals surface area (Å²) in [4.78, 5) is 13.8. The zero-order valence-electron chi connectivity index (χ0n) is 12.4. The number of halogens is 1.